The molecule has 7 heteroatoms. The number of allylic oxidation sites excluding steroid dienone is 2. The summed E-state index contributed by atoms with van der Waals surface area (Å²) in [6.07, 6.45) is 16.1. The Labute approximate surface area is 322 Å². The molecule has 9 aromatic rings. The van der Waals surface area contributed by atoms with Crippen LogP contribution in [0.5, 0.6) is 0 Å². The Balaban J connectivity index is 1.07. The summed E-state index contributed by atoms with van der Waals surface area (Å²) in [7, 11) is 0. The van der Waals surface area contributed by atoms with Crippen LogP contribution in [0, 0.1) is 0 Å². The minimum absolute atomic E-state index is 0.0226. The molecule has 0 amide bonds. The van der Waals surface area contributed by atoms with Crippen molar-refractivity contribution in [2.45, 2.75) is 6.04 Å². The zero-order chi connectivity index (χ0) is 37.0. The lowest BCUT2D eigenvalue weighted by atomic mass is 9.87. The van der Waals surface area contributed by atoms with E-state index < -0.39 is 0 Å². The highest BCUT2D eigenvalue weighted by Gasteiger charge is 2.25. The second kappa shape index (κ2) is 13.0. The molecule has 0 saturated carbocycles. The van der Waals surface area contributed by atoms with Crippen LogP contribution in [-0.2, 0) is 0 Å². The van der Waals surface area contributed by atoms with Crippen LogP contribution in [0.1, 0.15) is 17.3 Å². The Hall–Kier alpha value is -7.64. The van der Waals surface area contributed by atoms with Crippen molar-refractivity contribution in [2.24, 2.45) is 0 Å². The van der Waals surface area contributed by atoms with Crippen LogP contribution in [0.4, 0.5) is 0 Å². The summed E-state index contributed by atoms with van der Waals surface area (Å²) >= 11 is 0. The number of nitrogens with one attached hydrogen (secondary N) is 1. The zero-order valence-electron chi connectivity index (χ0n) is 30.0. The van der Waals surface area contributed by atoms with Crippen molar-refractivity contribution in [3.8, 4) is 56.4 Å². The quantitative estimate of drug-likeness (QED) is 0.177. The zero-order valence-corrected chi connectivity index (χ0v) is 30.0. The maximum atomic E-state index is 5.20. The average Bonchev–Trinajstić information content (AvgIpc) is 3.28. The maximum absolute atomic E-state index is 5.20. The van der Waals surface area contributed by atoms with Crippen LogP contribution in [0.15, 0.2) is 176 Å². The van der Waals surface area contributed by atoms with Gasteiger partial charge in [0.05, 0.1) is 22.8 Å². The standard InChI is InChI=1S/C49H31N7/c1-2-16-37-30(8-1)9-5-17-42(37)49-55-47(35-12-3-10-33(28-35)38-22-26-52-45-40(38)20-18-31-14-6-24-50-43(31)45)54-48(56-49)36-13-4-11-34(29-36)39-23-27-53-46-41(39)21-19-32-15-7-25-51-44(32)46/h1-29,43,50H. The van der Waals surface area contributed by atoms with Crippen molar-refractivity contribution in [3.63, 3.8) is 0 Å². The molecule has 4 aromatic heterocycles. The predicted octanol–water partition coefficient (Wildman–Crippen LogP) is 11.0. The fourth-order valence-electron chi connectivity index (χ4n) is 8.05. The molecule has 5 aromatic carbocycles. The second-order valence-corrected chi connectivity index (χ2v) is 14.0. The van der Waals surface area contributed by atoms with E-state index in [9.17, 15) is 0 Å². The molecule has 1 atom stereocenters. The van der Waals surface area contributed by atoms with E-state index in [-0.39, 0.29) is 6.04 Å². The molecule has 2 aliphatic rings. The van der Waals surface area contributed by atoms with Gasteiger partial charge in [0.2, 0.25) is 0 Å². The van der Waals surface area contributed by atoms with Gasteiger partial charge in [-0.2, -0.15) is 0 Å². The van der Waals surface area contributed by atoms with Crippen molar-refractivity contribution in [3.05, 3.63) is 187 Å². The van der Waals surface area contributed by atoms with E-state index in [4.69, 9.17) is 24.9 Å². The topological polar surface area (TPSA) is 89.4 Å². The molecule has 5 heterocycles. The van der Waals surface area contributed by atoms with E-state index in [1.54, 1.807) is 0 Å². The molecule has 0 bridgehead atoms. The number of dihydropyridines is 1. The van der Waals surface area contributed by atoms with Gasteiger partial charge in [-0.15, -0.1) is 0 Å². The van der Waals surface area contributed by atoms with Gasteiger partial charge in [-0.25, -0.2) is 15.0 Å². The molecule has 262 valence electrons. The lowest BCUT2D eigenvalue weighted by Crippen LogP contribution is -2.23. The third-order valence-corrected chi connectivity index (χ3v) is 10.7. The van der Waals surface area contributed by atoms with E-state index in [1.165, 1.54) is 5.57 Å². The van der Waals surface area contributed by atoms with Crippen molar-refractivity contribution >= 4 is 38.7 Å². The first kappa shape index (κ1) is 31.8. The summed E-state index contributed by atoms with van der Waals surface area (Å²) in [4.78, 5) is 29.8. The molecule has 0 radical (unpaired) electrons. The SMILES string of the molecule is C1=CNC2C(=C1)C=Cc1c(-c3cccc(-c4nc(-c5cccc(-c6ccnc7c6ccc6cccnc67)c5)nc(-c5cccc6ccccc56)n4)c3)ccnc12. The molecule has 0 spiro atoms. The van der Waals surface area contributed by atoms with Crippen LogP contribution in [-0.4, -0.2) is 29.9 Å². The van der Waals surface area contributed by atoms with Crippen LogP contribution in [0.2, 0.25) is 0 Å². The molecule has 1 N–H and O–H groups in total. The Bertz CT molecular complexity index is 3140. The number of hydrogen-bond donors (Lipinski definition) is 1. The van der Waals surface area contributed by atoms with Crippen molar-refractivity contribution < 1.29 is 0 Å². The fraction of sp³-hybridized carbons (Fsp3) is 0.0204. The molecule has 0 fully saturated rings. The van der Waals surface area contributed by atoms with E-state index in [0.29, 0.717) is 17.5 Å². The molecule has 56 heavy (non-hydrogen) atoms. The fourth-order valence-corrected chi connectivity index (χ4v) is 8.05. The molecule has 0 saturated heterocycles. The van der Waals surface area contributed by atoms with Gasteiger partial charge in [0.25, 0.3) is 0 Å². The first-order valence-electron chi connectivity index (χ1n) is 18.6. The first-order chi connectivity index (χ1) is 27.7. The highest BCUT2D eigenvalue weighted by atomic mass is 15.0. The number of nitrogens with zero attached hydrogens (tertiary/aromatic N) is 6. The number of hydrogen-bond acceptors (Lipinski definition) is 7. The molecular weight excluding hydrogens is 687 g/mol. The number of fused-ring (bicyclic) bond motifs is 7. The van der Waals surface area contributed by atoms with E-state index in [0.717, 1.165) is 82.8 Å². The number of aromatic nitrogens is 6. The van der Waals surface area contributed by atoms with Gasteiger partial charge >= 0.3 is 0 Å². The summed E-state index contributed by atoms with van der Waals surface area (Å²) < 4.78 is 0. The van der Waals surface area contributed by atoms with Gasteiger partial charge in [-0.1, -0.05) is 115 Å². The number of benzene rings is 5. The predicted molar refractivity (Wildman–Crippen MR) is 225 cm³/mol. The minimum Gasteiger partial charge on any atom is -0.379 e. The monoisotopic (exact) mass is 717 g/mol. The molecular formula is C49H31N7. The Morgan fingerprint density at radius 1 is 0.464 bits per heavy atom. The van der Waals surface area contributed by atoms with Crippen molar-refractivity contribution in [1.82, 2.24) is 35.2 Å². The number of pyridine rings is 3. The van der Waals surface area contributed by atoms with Gasteiger partial charge in [-0.05, 0) is 81.2 Å². The van der Waals surface area contributed by atoms with E-state index in [1.807, 2.05) is 36.9 Å². The van der Waals surface area contributed by atoms with Crippen LogP contribution >= 0.6 is 0 Å². The van der Waals surface area contributed by atoms with Crippen LogP contribution in [0.25, 0.3) is 95.1 Å². The molecule has 11 rings (SSSR count). The Morgan fingerprint density at radius 3 is 2.04 bits per heavy atom. The van der Waals surface area contributed by atoms with Gasteiger partial charge < -0.3 is 5.32 Å². The summed E-state index contributed by atoms with van der Waals surface area (Å²) in [5.74, 6) is 1.81. The minimum atomic E-state index is 0.0226. The van der Waals surface area contributed by atoms with E-state index in [2.05, 4.69) is 150 Å². The molecule has 1 aliphatic heterocycles. The summed E-state index contributed by atoms with van der Waals surface area (Å²) in [6.45, 7) is 0. The van der Waals surface area contributed by atoms with Gasteiger partial charge in [0.1, 0.15) is 0 Å². The third-order valence-electron chi connectivity index (χ3n) is 10.7. The number of rotatable bonds is 5. The lowest BCUT2D eigenvalue weighted by molar-refractivity contribution is 0.690. The normalized spacial score (nSPS) is 14.4. The van der Waals surface area contributed by atoms with Gasteiger partial charge in [0, 0.05) is 51.6 Å². The van der Waals surface area contributed by atoms with Gasteiger partial charge in [0.15, 0.2) is 17.5 Å². The molecule has 7 nitrogen and oxygen atoms in total. The van der Waals surface area contributed by atoms with Crippen molar-refractivity contribution in [2.75, 3.05) is 0 Å². The summed E-state index contributed by atoms with van der Waals surface area (Å²) in [6, 6.07) is 43.9. The van der Waals surface area contributed by atoms with Crippen LogP contribution in [0.3, 0.4) is 0 Å². The average molecular weight is 718 g/mol. The highest BCUT2D eigenvalue weighted by molar-refractivity contribution is 6.08. The van der Waals surface area contributed by atoms with Crippen molar-refractivity contribution in [1.29, 1.82) is 0 Å². The lowest BCUT2D eigenvalue weighted by Gasteiger charge is -2.27. The largest absolute Gasteiger partial charge is 0.379 e. The Kier molecular flexibility index (Phi) is 7.41. The van der Waals surface area contributed by atoms with Gasteiger partial charge in [-0.3, -0.25) is 15.0 Å². The van der Waals surface area contributed by atoms with E-state index >= 15 is 0 Å². The molecule has 1 aliphatic carbocycles. The highest BCUT2D eigenvalue weighted by Crippen LogP contribution is 2.39. The summed E-state index contributed by atoms with van der Waals surface area (Å²) in [5, 5.41) is 7.79. The molecule has 1 unspecified atom stereocenters. The first-order valence-corrected chi connectivity index (χ1v) is 18.6. The third kappa shape index (κ3) is 5.36. The second-order valence-electron chi connectivity index (χ2n) is 14.0. The smallest absolute Gasteiger partial charge is 0.164 e. The Morgan fingerprint density at radius 2 is 1.16 bits per heavy atom. The summed E-state index contributed by atoms with van der Waals surface area (Å²) in [5.41, 5.74) is 12.1. The maximum Gasteiger partial charge on any atom is 0.164 e. The van der Waals surface area contributed by atoms with Crippen LogP contribution < -0.4 is 5.32 Å².